The van der Waals surface area contributed by atoms with E-state index in [1.54, 1.807) is 4.90 Å². The molecule has 1 atom stereocenters. The Morgan fingerprint density at radius 3 is 2.62 bits per heavy atom. The summed E-state index contributed by atoms with van der Waals surface area (Å²) < 4.78 is 24.3. The van der Waals surface area contributed by atoms with E-state index in [2.05, 4.69) is 5.32 Å². The Kier molecular flexibility index (Phi) is 6.16. The molecule has 7 heteroatoms. The number of nitrogens with zero attached hydrogens (tertiary/aromatic N) is 1. The summed E-state index contributed by atoms with van der Waals surface area (Å²) in [5.74, 6) is -0.491. The van der Waals surface area contributed by atoms with Gasteiger partial charge in [0.25, 0.3) is 0 Å². The van der Waals surface area contributed by atoms with Crippen LogP contribution in [-0.4, -0.2) is 44.8 Å². The fourth-order valence-electron chi connectivity index (χ4n) is 2.42. The van der Waals surface area contributed by atoms with E-state index in [9.17, 15) is 9.00 Å². The zero-order valence-corrected chi connectivity index (χ0v) is 12.6. The third kappa shape index (κ3) is 5.11. The van der Waals surface area contributed by atoms with Gasteiger partial charge in [-0.1, -0.05) is 30.3 Å². The van der Waals surface area contributed by atoms with Crippen molar-refractivity contribution < 1.29 is 18.3 Å². The summed E-state index contributed by atoms with van der Waals surface area (Å²) in [6.07, 6.45) is 1.17. The van der Waals surface area contributed by atoms with Crippen LogP contribution in [0, 0.1) is 0 Å². The zero-order valence-electron chi connectivity index (χ0n) is 11.7. The number of benzene rings is 1. The van der Waals surface area contributed by atoms with Crippen molar-refractivity contribution in [3.8, 4) is 0 Å². The maximum atomic E-state index is 12.2. The topological polar surface area (TPSA) is 78.9 Å². The molecular formula is C14H20N2O4S. The quantitative estimate of drug-likeness (QED) is 0.807. The molecule has 1 unspecified atom stereocenters. The Balaban J connectivity index is 2.05. The zero-order chi connectivity index (χ0) is 15.1. The summed E-state index contributed by atoms with van der Waals surface area (Å²) in [4.78, 5) is 13.8. The molecule has 1 fully saturated rings. The van der Waals surface area contributed by atoms with Crippen LogP contribution in [0.5, 0.6) is 0 Å². The van der Waals surface area contributed by atoms with Crippen LogP contribution in [0.25, 0.3) is 0 Å². The van der Waals surface area contributed by atoms with Crippen molar-refractivity contribution >= 4 is 17.2 Å². The minimum Gasteiger partial charge on any atom is -0.433 e. The molecule has 1 aliphatic rings. The van der Waals surface area contributed by atoms with E-state index in [0.29, 0.717) is 6.54 Å². The lowest BCUT2D eigenvalue weighted by molar-refractivity contribution is 0.0865. The Bertz CT molecular complexity index is 477. The summed E-state index contributed by atoms with van der Waals surface area (Å²) >= 11 is -2.14. The third-order valence-corrected chi connectivity index (χ3v) is 3.78. The number of piperidine rings is 1. The van der Waals surface area contributed by atoms with Crippen LogP contribution in [0.4, 0.5) is 4.79 Å². The van der Waals surface area contributed by atoms with E-state index in [0.717, 1.165) is 31.5 Å². The number of ether oxygens (including phenoxy) is 1. The first-order valence-electron chi connectivity index (χ1n) is 6.92. The number of rotatable bonds is 5. The molecule has 21 heavy (non-hydrogen) atoms. The number of hydrogen-bond acceptors (Lipinski definition) is 4. The maximum Gasteiger partial charge on any atom is 0.411 e. The normalized spacial score (nSPS) is 17.2. The summed E-state index contributed by atoms with van der Waals surface area (Å²) in [5.41, 5.74) is 1.01. The van der Waals surface area contributed by atoms with Crippen molar-refractivity contribution in [3.63, 3.8) is 0 Å². The van der Waals surface area contributed by atoms with Crippen LogP contribution >= 0.6 is 0 Å². The Labute approximate surface area is 126 Å². The lowest BCUT2D eigenvalue weighted by Crippen LogP contribution is -2.46. The second-order valence-corrected chi connectivity index (χ2v) is 5.82. The minimum atomic E-state index is -2.14. The van der Waals surface area contributed by atoms with Gasteiger partial charge < -0.3 is 19.5 Å². The average molecular weight is 312 g/mol. The molecule has 1 aromatic carbocycles. The first-order valence-corrected chi connectivity index (χ1v) is 8.20. The van der Waals surface area contributed by atoms with Crippen LogP contribution in [-0.2, 0) is 22.4 Å². The minimum absolute atomic E-state index is 0.0890. The molecule has 116 valence electrons. The molecule has 0 aliphatic carbocycles. The molecule has 1 saturated heterocycles. The van der Waals surface area contributed by atoms with E-state index >= 15 is 0 Å². The standard InChI is InChI=1S/C14H20N2O4S/c17-14(20-11-21(18)19)16(13-6-8-15-9-7-13)10-12-4-2-1-3-5-12/h1-5,13,15H,6-11H2,(H,18,19). The van der Waals surface area contributed by atoms with Crippen molar-refractivity contribution in [1.82, 2.24) is 10.2 Å². The monoisotopic (exact) mass is 312 g/mol. The van der Waals surface area contributed by atoms with Gasteiger partial charge in [0.1, 0.15) is 0 Å². The van der Waals surface area contributed by atoms with Gasteiger partial charge in [-0.15, -0.1) is 0 Å². The fraction of sp³-hybridized carbons (Fsp3) is 0.500. The molecule has 6 nitrogen and oxygen atoms in total. The predicted molar refractivity (Wildman–Crippen MR) is 80.0 cm³/mol. The molecule has 0 radical (unpaired) electrons. The van der Waals surface area contributed by atoms with E-state index in [4.69, 9.17) is 9.29 Å². The number of nitrogens with one attached hydrogen (secondary N) is 1. The van der Waals surface area contributed by atoms with Gasteiger partial charge in [0.2, 0.25) is 0 Å². The van der Waals surface area contributed by atoms with Gasteiger partial charge in [-0.25, -0.2) is 9.00 Å². The first kappa shape index (κ1) is 15.9. The highest BCUT2D eigenvalue weighted by Crippen LogP contribution is 2.17. The van der Waals surface area contributed by atoms with Crippen molar-refractivity contribution in [2.24, 2.45) is 0 Å². The first-order chi connectivity index (χ1) is 10.2. The molecule has 1 aromatic rings. The van der Waals surface area contributed by atoms with Crippen molar-refractivity contribution in [2.75, 3.05) is 19.0 Å². The third-order valence-electron chi connectivity index (χ3n) is 3.46. The number of amides is 1. The molecule has 2 rings (SSSR count). The fourth-order valence-corrected chi connectivity index (χ4v) is 2.63. The van der Waals surface area contributed by atoms with Gasteiger partial charge in [0.15, 0.2) is 17.0 Å². The molecule has 0 spiro atoms. The van der Waals surface area contributed by atoms with Crippen LogP contribution in [0.15, 0.2) is 30.3 Å². The maximum absolute atomic E-state index is 12.2. The lowest BCUT2D eigenvalue weighted by Gasteiger charge is -2.33. The second-order valence-electron chi connectivity index (χ2n) is 4.94. The molecule has 0 saturated carbocycles. The summed E-state index contributed by atoms with van der Waals surface area (Å²) in [7, 11) is 0. The van der Waals surface area contributed by atoms with Gasteiger partial charge in [-0.2, -0.15) is 0 Å². The highest BCUT2D eigenvalue weighted by molar-refractivity contribution is 7.79. The number of hydrogen-bond donors (Lipinski definition) is 2. The van der Waals surface area contributed by atoms with Gasteiger partial charge in [-0.3, -0.25) is 0 Å². The summed E-state index contributed by atoms with van der Waals surface area (Å²) in [5, 5.41) is 3.26. The molecule has 1 aliphatic heterocycles. The van der Waals surface area contributed by atoms with E-state index < -0.39 is 23.1 Å². The summed E-state index contributed by atoms with van der Waals surface area (Å²) in [6.45, 7) is 2.16. The smallest absolute Gasteiger partial charge is 0.411 e. The van der Waals surface area contributed by atoms with Gasteiger partial charge in [0.05, 0.1) is 0 Å². The van der Waals surface area contributed by atoms with Crippen molar-refractivity contribution in [3.05, 3.63) is 35.9 Å². The number of carbonyl (C=O) groups is 1. The van der Waals surface area contributed by atoms with Crippen LogP contribution in [0.2, 0.25) is 0 Å². The molecular weight excluding hydrogens is 292 g/mol. The highest BCUT2D eigenvalue weighted by Gasteiger charge is 2.26. The molecule has 0 aromatic heterocycles. The van der Waals surface area contributed by atoms with E-state index in [1.165, 1.54) is 0 Å². The lowest BCUT2D eigenvalue weighted by atomic mass is 10.0. The average Bonchev–Trinajstić information content (AvgIpc) is 2.52. The van der Waals surface area contributed by atoms with Crippen LogP contribution in [0.3, 0.4) is 0 Å². The second kappa shape index (κ2) is 8.11. The Morgan fingerprint density at radius 2 is 2.00 bits per heavy atom. The van der Waals surface area contributed by atoms with Crippen molar-refractivity contribution in [2.45, 2.75) is 25.4 Å². The van der Waals surface area contributed by atoms with Crippen LogP contribution in [0.1, 0.15) is 18.4 Å². The van der Waals surface area contributed by atoms with E-state index in [1.807, 2.05) is 30.3 Å². The Hall–Kier alpha value is -1.44. The molecule has 2 N–H and O–H groups in total. The Morgan fingerprint density at radius 1 is 1.33 bits per heavy atom. The highest BCUT2D eigenvalue weighted by atomic mass is 32.2. The predicted octanol–water partition coefficient (Wildman–Crippen LogP) is 1.56. The molecule has 0 bridgehead atoms. The molecule has 1 amide bonds. The number of carbonyl (C=O) groups excluding carboxylic acids is 1. The van der Waals surface area contributed by atoms with E-state index in [-0.39, 0.29) is 6.04 Å². The summed E-state index contributed by atoms with van der Waals surface area (Å²) in [6, 6.07) is 9.75. The van der Waals surface area contributed by atoms with Gasteiger partial charge >= 0.3 is 6.09 Å². The largest absolute Gasteiger partial charge is 0.433 e. The van der Waals surface area contributed by atoms with Crippen molar-refractivity contribution in [1.29, 1.82) is 0 Å². The van der Waals surface area contributed by atoms with Crippen LogP contribution < -0.4 is 5.32 Å². The molecule has 1 heterocycles. The van der Waals surface area contributed by atoms with Gasteiger partial charge in [0, 0.05) is 12.6 Å². The van der Waals surface area contributed by atoms with Gasteiger partial charge in [-0.05, 0) is 31.5 Å². The SMILES string of the molecule is O=C(OCS(=O)O)N(Cc1ccccc1)C1CCNCC1.